The van der Waals surface area contributed by atoms with E-state index in [0.717, 1.165) is 77.7 Å². The topological polar surface area (TPSA) is 33.6 Å². The Labute approximate surface area is 342 Å². The summed E-state index contributed by atoms with van der Waals surface area (Å²) in [5.74, 6) is 0. The zero-order valence-corrected chi connectivity index (χ0v) is 34.3. The SMILES string of the molecule is Cc1cc(C(F)(F)F)ccc1-c1ccc(-n2c3ccccc3c3cc(C(C)(C)C)ccc32)cc1-c1cc(C#N)ccc1-n1c2ccccc2c2cc(C(C)(C)C)ccc21. The number of hydrogen-bond acceptors (Lipinski definition) is 1. The van der Waals surface area contributed by atoms with E-state index >= 15 is 0 Å². The van der Waals surface area contributed by atoms with Gasteiger partial charge >= 0.3 is 6.18 Å². The number of aryl methyl sites for hydroxylation is 1. The maximum atomic E-state index is 14.0. The molecule has 0 atom stereocenters. The van der Waals surface area contributed by atoms with Crippen LogP contribution in [0.25, 0.3) is 77.2 Å². The third-order valence-corrected chi connectivity index (χ3v) is 11.8. The largest absolute Gasteiger partial charge is 0.416 e. The monoisotopic (exact) mass is 779 g/mol. The van der Waals surface area contributed by atoms with Crippen LogP contribution in [0.2, 0.25) is 0 Å². The number of fused-ring (bicyclic) bond motifs is 6. The lowest BCUT2D eigenvalue weighted by molar-refractivity contribution is -0.137. The van der Waals surface area contributed by atoms with Gasteiger partial charge in [-0.1, -0.05) is 102 Å². The van der Waals surface area contributed by atoms with Crippen LogP contribution < -0.4 is 0 Å². The van der Waals surface area contributed by atoms with E-state index in [1.807, 2.05) is 36.4 Å². The molecule has 0 unspecified atom stereocenters. The van der Waals surface area contributed by atoms with Gasteiger partial charge in [0.1, 0.15) is 0 Å². The van der Waals surface area contributed by atoms with Crippen molar-refractivity contribution in [2.75, 3.05) is 0 Å². The van der Waals surface area contributed by atoms with Crippen molar-refractivity contribution < 1.29 is 13.2 Å². The summed E-state index contributed by atoms with van der Waals surface area (Å²) in [5.41, 5.74) is 11.6. The Morgan fingerprint density at radius 2 is 0.983 bits per heavy atom. The van der Waals surface area contributed by atoms with E-state index in [9.17, 15) is 18.4 Å². The molecule has 0 N–H and O–H groups in total. The molecule has 0 saturated heterocycles. The molecule has 0 fully saturated rings. The lowest BCUT2D eigenvalue weighted by Crippen LogP contribution is -2.10. The van der Waals surface area contributed by atoms with Gasteiger partial charge in [-0.3, -0.25) is 0 Å². The van der Waals surface area contributed by atoms with Crippen LogP contribution >= 0.6 is 0 Å². The Bertz CT molecular complexity index is 3190. The fraction of sp³-hybridized carbons (Fsp3) is 0.189. The van der Waals surface area contributed by atoms with Crippen LogP contribution in [0.4, 0.5) is 13.2 Å². The highest BCUT2D eigenvalue weighted by molar-refractivity contribution is 6.11. The minimum atomic E-state index is -4.48. The zero-order valence-electron chi connectivity index (χ0n) is 34.3. The van der Waals surface area contributed by atoms with Gasteiger partial charge in [0.25, 0.3) is 0 Å². The summed E-state index contributed by atoms with van der Waals surface area (Å²) >= 11 is 0. The molecule has 7 aromatic carbocycles. The van der Waals surface area contributed by atoms with Gasteiger partial charge in [0, 0.05) is 32.8 Å². The van der Waals surface area contributed by atoms with Crippen LogP contribution in [0.5, 0.6) is 0 Å². The van der Waals surface area contributed by atoms with Crippen molar-refractivity contribution in [3.63, 3.8) is 0 Å². The van der Waals surface area contributed by atoms with Gasteiger partial charge in [0.05, 0.1) is 45.0 Å². The van der Waals surface area contributed by atoms with Crippen molar-refractivity contribution in [1.29, 1.82) is 5.26 Å². The highest BCUT2D eigenvalue weighted by Gasteiger charge is 2.31. The molecule has 0 saturated carbocycles. The van der Waals surface area contributed by atoms with Crippen molar-refractivity contribution in [3.8, 4) is 39.7 Å². The molecule has 3 nitrogen and oxygen atoms in total. The molecule has 2 heterocycles. The predicted octanol–water partition coefficient (Wildman–Crippen LogP) is 15.0. The van der Waals surface area contributed by atoms with Gasteiger partial charge in [0.2, 0.25) is 0 Å². The van der Waals surface area contributed by atoms with Gasteiger partial charge in [-0.15, -0.1) is 0 Å². The quantitative estimate of drug-likeness (QED) is 0.175. The normalized spacial score (nSPS) is 12.6. The summed E-state index contributed by atoms with van der Waals surface area (Å²) in [7, 11) is 0. The molecule has 0 amide bonds. The van der Waals surface area contributed by atoms with Crippen molar-refractivity contribution in [3.05, 3.63) is 167 Å². The minimum absolute atomic E-state index is 0.0466. The molecule has 0 bridgehead atoms. The Balaban J connectivity index is 1.38. The first-order valence-electron chi connectivity index (χ1n) is 20.0. The van der Waals surface area contributed by atoms with Gasteiger partial charge in [0.15, 0.2) is 0 Å². The van der Waals surface area contributed by atoms with Crippen molar-refractivity contribution in [2.24, 2.45) is 0 Å². The van der Waals surface area contributed by atoms with Crippen molar-refractivity contribution >= 4 is 43.6 Å². The van der Waals surface area contributed by atoms with Crippen molar-refractivity contribution in [2.45, 2.75) is 65.5 Å². The Morgan fingerprint density at radius 1 is 0.458 bits per heavy atom. The van der Waals surface area contributed by atoms with Gasteiger partial charge < -0.3 is 9.13 Å². The zero-order chi connectivity index (χ0) is 41.6. The maximum absolute atomic E-state index is 14.0. The van der Waals surface area contributed by atoms with Crippen LogP contribution in [-0.2, 0) is 17.0 Å². The van der Waals surface area contributed by atoms with Crippen LogP contribution in [0.3, 0.4) is 0 Å². The smallest absolute Gasteiger partial charge is 0.309 e. The molecule has 9 aromatic rings. The third kappa shape index (κ3) is 6.37. The Morgan fingerprint density at radius 3 is 1.54 bits per heavy atom. The van der Waals surface area contributed by atoms with Crippen molar-refractivity contribution in [1.82, 2.24) is 9.13 Å². The number of hydrogen-bond donors (Lipinski definition) is 0. The number of benzene rings is 7. The van der Waals surface area contributed by atoms with Crippen LogP contribution in [0.15, 0.2) is 140 Å². The molecule has 59 heavy (non-hydrogen) atoms. The second-order valence-corrected chi connectivity index (χ2v) is 17.8. The summed E-state index contributed by atoms with van der Waals surface area (Å²) in [6.45, 7) is 15.0. The number of nitriles is 1. The average molecular weight is 780 g/mol. The van der Waals surface area contributed by atoms with E-state index in [1.165, 1.54) is 17.2 Å². The highest BCUT2D eigenvalue weighted by Crippen LogP contribution is 2.44. The summed E-state index contributed by atoms with van der Waals surface area (Å²) in [6.07, 6.45) is -4.48. The summed E-state index contributed by atoms with van der Waals surface area (Å²) in [6, 6.07) is 48.4. The molecule has 9 rings (SSSR count). The molecule has 2 aromatic heterocycles. The molecule has 0 aliphatic rings. The van der Waals surface area contributed by atoms with Gasteiger partial charge in [-0.2, -0.15) is 18.4 Å². The van der Waals surface area contributed by atoms with E-state index in [2.05, 4.69) is 142 Å². The van der Waals surface area contributed by atoms with E-state index in [4.69, 9.17) is 0 Å². The van der Waals surface area contributed by atoms with E-state index < -0.39 is 11.7 Å². The van der Waals surface area contributed by atoms with E-state index in [0.29, 0.717) is 16.7 Å². The fourth-order valence-corrected chi connectivity index (χ4v) is 8.70. The molecule has 0 radical (unpaired) electrons. The Hall–Kier alpha value is -6.58. The second kappa shape index (κ2) is 13.5. The molecule has 0 aliphatic heterocycles. The molecule has 292 valence electrons. The van der Waals surface area contributed by atoms with E-state index in [-0.39, 0.29) is 10.8 Å². The molecule has 6 heteroatoms. The first kappa shape index (κ1) is 38.0. The maximum Gasteiger partial charge on any atom is 0.416 e. The molecular weight excluding hydrogens is 736 g/mol. The molecular formula is C53H44F3N3. The second-order valence-electron chi connectivity index (χ2n) is 17.8. The lowest BCUT2D eigenvalue weighted by atomic mass is 9.86. The molecule has 0 aliphatic carbocycles. The summed E-state index contributed by atoms with van der Waals surface area (Å²) < 4.78 is 46.5. The minimum Gasteiger partial charge on any atom is -0.309 e. The van der Waals surface area contributed by atoms with Gasteiger partial charge in [-0.25, -0.2) is 0 Å². The summed E-state index contributed by atoms with van der Waals surface area (Å²) in [4.78, 5) is 0. The lowest BCUT2D eigenvalue weighted by Gasteiger charge is -2.21. The first-order chi connectivity index (χ1) is 28.0. The first-order valence-corrected chi connectivity index (χ1v) is 20.0. The highest BCUT2D eigenvalue weighted by atomic mass is 19.4. The van der Waals surface area contributed by atoms with Crippen LogP contribution in [0, 0.1) is 18.3 Å². The van der Waals surface area contributed by atoms with Crippen LogP contribution in [-0.4, -0.2) is 9.13 Å². The molecule has 0 spiro atoms. The number of halogens is 3. The number of para-hydroxylation sites is 2. The van der Waals surface area contributed by atoms with E-state index in [1.54, 1.807) is 13.0 Å². The van der Waals surface area contributed by atoms with Crippen LogP contribution in [0.1, 0.15) is 69.4 Å². The number of nitrogens with zero attached hydrogens (tertiary/aromatic N) is 3. The standard InChI is InChI=1S/C53H44F3N3/c1-32-26-36(53(54,55)56)17-21-38(32)39-22-20-37(58-46-14-10-8-12-40(46)44-28-34(51(2,3)4)18-24-48(44)58)30-42(39)43-27-33(31-57)16-23-49(43)59-47-15-11-9-13-41(47)45-29-35(52(5,6)7)19-25-50(45)59/h8-30H,1-7H3. The third-order valence-electron chi connectivity index (χ3n) is 11.8. The summed E-state index contributed by atoms with van der Waals surface area (Å²) in [5, 5.41) is 14.9. The predicted molar refractivity (Wildman–Crippen MR) is 238 cm³/mol. The fourth-order valence-electron chi connectivity index (χ4n) is 8.70. The number of aromatic nitrogens is 2. The number of rotatable bonds is 4. The Kier molecular flexibility index (Phi) is 8.68. The van der Waals surface area contributed by atoms with Gasteiger partial charge in [-0.05, 0) is 130 Å². The average Bonchev–Trinajstić information content (AvgIpc) is 3.72. The number of alkyl halides is 3.